The van der Waals surface area contributed by atoms with Crippen LogP contribution in [0.2, 0.25) is 0 Å². The number of carbonyl (C=O) groups excluding carboxylic acids is 2. The van der Waals surface area contributed by atoms with E-state index in [1.807, 2.05) is 18.2 Å². The van der Waals surface area contributed by atoms with Crippen LogP contribution in [0.1, 0.15) is 47.3 Å². The maximum Gasteiger partial charge on any atom is 0.255 e. The summed E-state index contributed by atoms with van der Waals surface area (Å²) in [5, 5.41) is 15.7. The minimum atomic E-state index is -0.358. The van der Waals surface area contributed by atoms with E-state index in [0.717, 1.165) is 22.9 Å². The van der Waals surface area contributed by atoms with Crippen molar-refractivity contribution in [2.24, 2.45) is 0 Å². The molecule has 1 aliphatic rings. The third-order valence-electron chi connectivity index (χ3n) is 4.36. The molecule has 5 nitrogen and oxygen atoms in total. The van der Waals surface area contributed by atoms with E-state index in [0.29, 0.717) is 12.1 Å². The number of rotatable bonds is 4. The van der Waals surface area contributed by atoms with Crippen LogP contribution in [0.15, 0.2) is 40.9 Å². The van der Waals surface area contributed by atoms with Gasteiger partial charge in [0.1, 0.15) is 5.75 Å². The van der Waals surface area contributed by atoms with Crippen molar-refractivity contribution in [1.82, 2.24) is 5.32 Å². The molecule has 1 unspecified atom stereocenters. The van der Waals surface area contributed by atoms with Crippen LogP contribution in [0.5, 0.6) is 5.75 Å². The predicted octanol–water partition coefficient (Wildman–Crippen LogP) is 3.92. The Bertz CT molecular complexity index is 835. The van der Waals surface area contributed by atoms with Gasteiger partial charge < -0.3 is 15.7 Å². The van der Waals surface area contributed by atoms with Crippen LogP contribution in [0, 0.1) is 0 Å². The van der Waals surface area contributed by atoms with Crippen LogP contribution in [0.3, 0.4) is 0 Å². The number of benzene rings is 2. The Morgan fingerprint density at radius 2 is 2.08 bits per heavy atom. The molecule has 0 fully saturated rings. The molecule has 0 saturated heterocycles. The summed E-state index contributed by atoms with van der Waals surface area (Å²) in [6.45, 7) is 1.75. The van der Waals surface area contributed by atoms with Crippen LogP contribution < -0.4 is 10.6 Å². The van der Waals surface area contributed by atoms with E-state index in [1.54, 1.807) is 13.0 Å². The highest BCUT2D eigenvalue weighted by atomic mass is 79.9. The van der Waals surface area contributed by atoms with Crippen molar-refractivity contribution in [1.29, 1.82) is 0 Å². The van der Waals surface area contributed by atoms with Crippen molar-refractivity contribution < 1.29 is 14.7 Å². The Kier molecular flexibility index (Phi) is 5.08. The lowest BCUT2D eigenvalue weighted by atomic mass is 10.1. The van der Waals surface area contributed by atoms with Crippen molar-refractivity contribution in [3.05, 3.63) is 57.6 Å². The smallest absolute Gasteiger partial charge is 0.255 e. The molecule has 2 aromatic rings. The summed E-state index contributed by atoms with van der Waals surface area (Å²) in [7, 11) is 0. The van der Waals surface area contributed by atoms with Gasteiger partial charge in [-0.05, 0) is 48.2 Å². The second-order valence-corrected chi connectivity index (χ2v) is 6.86. The second-order valence-electron chi connectivity index (χ2n) is 6.01. The summed E-state index contributed by atoms with van der Waals surface area (Å²) in [5.74, 6) is -0.617. The molecule has 3 N–H and O–H groups in total. The number of carbonyl (C=O) groups is 2. The molecule has 0 bridgehead atoms. The molecule has 25 heavy (non-hydrogen) atoms. The van der Waals surface area contributed by atoms with E-state index < -0.39 is 0 Å². The summed E-state index contributed by atoms with van der Waals surface area (Å²) >= 11 is 3.54. The zero-order chi connectivity index (χ0) is 18.0. The number of phenols is 1. The molecule has 2 amide bonds. The topological polar surface area (TPSA) is 78.4 Å². The lowest BCUT2D eigenvalue weighted by molar-refractivity contribution is -0.115. The molecule has 1 atom stereocenters. The Labute approximate surface area is 154 Å². The van der Waals surface area contributed by atoms with E-state index >= 15 is 0 Å². The SMILES string of the molecule is CCC(=O)Nc1ccc(O)c(C(=O)NC2CCc3c(Br)cccc32)c1. The number of halogens is 1. The van der Waals surface area contributed by atoms with Gasteiger partial charge in [0.15, 0.2) is 0 Å². The monoisotopic (exact) mass is 402 g/mol. The Hall–Kier alpha value is -2.34. The molecule has 0 spiro atoms. The Morgan fingerprint density at radius 1 is 1.28 bits per heavy atom. The second kappa shape index (κ2) is 7.27. The standard InChI is InChI=1S/C19H19BrN2O3/c1-2-18(24)21-11-6-9-17(23)14(10-11)19(25)22-16-8-7-12-13(16)4-3-5-15(12)20/h3-6,9-10,16,23H,2,7-8H2,1H3,(H,21,24)(H,22,25). The van der Waals surface area contributed by atoms with E-state index in [-0.39, 0.29) is 29.2 Å². The van der Waals surface area contributed by atoms with Gasteiger partial charge in [0.2, 0.25) is 5.91 Å². The van der Waals surface area contributed by atoms with Gasteiger partial charge in [0.05, 0.1) is 11.6 Å². The van der Waals surface area contributed by atoms with E-state index in [4.69, 9.17) is 0 Å². The van der Waals surface area contributed by atoms with Gasteiger partial charge in [-0.25, -0.2) is 0 Å². The lowest BCUT2D eigenvalue weighted by Crippen LogP contribution is -2.27. The van der Waals surface area contributed by atoms with E-state index in [2.05, 4.69) is 26.6 Å². The van der Waals surface area contributed by atoms with Crippen molar-refractivity contribution in [2.45, 2.75) is 32.2 Å². The molecular formula is C19H19BrN2O3. The summed E-state index contributed by atoms with van der Waals surface area (Å²) in [4.78, 5) is 24.1. The predicted molar refractivity (Wildman–Crippen MR) is 99.7 cm³/mol. The number of hydrogen-bond donors (Lipinski definition) is 3. The number of anilines is 1. The van der Waals surface area contributed by atoms with Crippen molar-refractivity contribution >= 4 is 33.4 Å². The number of amides is 2. The Balaban J connectivity index is 1.80. The number of nitrogens with one attached hydrogen (secondary N) is 2. The van der Waals surface area contributed by atoms with Gasteiger partial charge >= 0.3 is 0 Å². The fraction of sp³-hybridized carbons (Fsp3) is 0.263. The first-order chi connectivity index (χ1) is 12.0. The first kappa shape index (κ1) is 17.5. The molecule has 3 rings (SSSR count). The molecular weight excluding hydrogens is 384 g/mol. The molecule has 130 valence electrons. The fourth-order valence-electron chi connectivity index (χ4n) is 3.04. The molecule has 0 radical (unpaired) electrons. The normalized spacial score (nSPS) is 15.5. The average molecular weight is 403 g/mol. The van der Waals surface area contributed by atoms with Gasteiger partial charge in [-0.3, -0.25) is 9.59 Å². The van der Waals surface area contributed by atoms with E-state index in [9.17, 15) is 14.7 Å². The van der Waals surface area contributed by atoms with Crippen LogP contribution in [0.4, 0.5) is 5.69 Å². The van der Waals surface area contributed by atoms with Crippen molar-refractivity contribution in [2.75, 3.05) is 5.32 Å². The number of aromatic hydroxyl groups is 1. The van der Waals surface area contributed by atoms with Crippen LogP contribution in [-0.2, 0) is 11.2 Å². The summed E-state index contributed by atoms with van der Waals surface area (Å²) in [6, 6.07) is 10.3. The van der Waals surface area contributed by atoms with Crippen molar-refractivity contribution in [3.63, 3.8) is 0 Å². The van der Waals surface area contributed by atoms with Crippen LogP contribution in [0.25, 0.3) is 0 Å². The highest BCUT2D eigenvalue weighted by molar-refractivity contribution is 9.10. The lowest BCUT2D eigenvalue weighted by Gasteiger charge is -2.15. The first-order valence-corrected chi connectivity index (χ1v) is 9.00. The third kappa shape index (κ3) is 3.69. The van der Waals surface area contributed by atoms with Gasteiger partial charge in [-0.1, -0.05) is 35.0 Å². The molecule has 6 heteroatoms. The minimum Gasteiger partial charge on any atom is -0.507 e. The van der Waals surface area contributed by atoms with Crippen LogP contribution in [-0.4, -0.2) is 16.9 Å². The van der Waals surface area contributed by atoms with Gasteiger partial charge in [-0.2, -0.15) is 0 Å². The highest BCUT2D eigenvalue weighted by Gasteiger charge is 2.26. The van der Waals surface area contributed by atoms with Gasteiger partial charge in [0.25, 0.3) is 5.91 Å². The maximum absolute atomic E-state index is 12.6. The average Bonchev–Trinajstić information content (AvgIpc) is 3.00. The van der Waals surface area contributed by atoms with Crippen molar-refractivity contribution in [3.8, 4) is 5.75 Å². The fourth-order valence-corrected chi connectivity index (χ4v) is 3.62. The molecule has 0 aliphatic heterocycles. The number of phenolic OH excluding ortho intramolecular Hbond substituents is 1. The summed E-state index contributed by atoms with van der Waals surface area (Å²) < 4.78 is 1.05. The minimum absolute atomic E-state index is 0.0895. The quantitative estimate of drug-likeness (QED) is 0.678. The third-order valence-corrected chi connectivity index (χ3v) is 5.11. The van der Waals surface area contributed by atoms with Gasteiger partial charge in [-0.15, -0.1) is 0 Å². The van der Waals surface area contributed by atoms with Gasteiger partial charge in [0, 0.05) is 16.6 Å². The molecule has 0 heterocycles. The van der Waals surface area contributed by atoms with E-state index in [1.165, 1.54) is 17.7 Å². The van der Waals surface area contributed by atoms with Crippen LogP contribution >= 0.6 is 15.9 Å². The summed E-state index contributed by atoms with van der Waals surface area (Å²) in [5.41, 5.74) is 2.94. The molecule has 2 aromatic carbocycles. The number of fused-ring (bicyclic) bond motifs is 1. The summed E-state index contributed by atoms with van der Waals surface area (Å²) in [6.07, 6.45) is 2.05. The zero-order valence-corrected chi connectivity index (χ0v) is 15.4. The largest absolute Gasteiger partial charge is 0.507 e. The molecule has 0 saturated carbocycles. The first-order valence-electron chi connectivity index (χ1n) is 8.20. The maximum atomic E-state index is 12.6. The Morgan fingerprint density at radius 3 is 2.84 bits per heavy atom. The highest BCUT2D eigenvalue weighted by Crippen LogP contribution is 2.36. The zero-order valence-electron chi connectivity index (χ0n) is 13.8. The molecule has 1 aliphatic carbocycles. The molecule has 0 aromatic heterocycles. The number of hydrogen-bond acceptors (Lipinski definition) is 3.